The zero-order chi connectivity index (χ0) is 12.1. The fourth-order valence-corrected chi connectivity index (χ4v) is 3.92. The van der Waals surface area contributed by atoms with Gasteiger partial charge in [-0.2, -0.15) is 0 Å². The molecule has 0 aromatic carbocycles. The fourth-order valence-electron chi connectivity index (χ4n) is 2.56. The van der Waals surface area contributed by atoms with Gasteiger partial charge in [0, 0.05) is 30.9 Å². The molecule has 1 saturated carbocycles. The smallest absolute Gasteiger partial charge is 0.185 e. The Morgan fingerprint density at radius 1 is 1.44 bits per heavy atom. The average molecular weight is 239 g/mol. The molecular formula is C12H21N3S. The molecular weight excluding hydrogens is 218 g/mol. The maximum absolute atomic E-state index is 6.00. The van der Waals surface area contributed by atoms with Gasteiger partial charge in [0.2, 0.25) is 0 Å². The highest BCUT2D eigenvalue weighted by atomic mass is 32.1. The molecule has 0 aliphatic heterocycles. The Morgan fingerprint density at radius 3 is 2.31 bits per heavy atom. The number of anilines is 1. The molecule has 0 amide bonds. The lowest BCUT2D eigenvalue weighted by Crippen LogP contribution is -2.25. The largest absolute Gasteiger partial charge is 0.354 e. The van der Waals surface area contributed by atoms with Crippen LogP contribution in [-0.2, 0) is 5.41 Å². The van der Waals surface area contributed by atoms with Crippen molar-refractivity contribution in [3.8, 4) is 0 Å². The Labute approximate surface area is 102 Å². The van der Waals surface area contributed by atoms with Crippen molar-refractivity contribution in [2.24, 2.45) is 11.1 Å². The molecule has 0 spiro atoms. The van der Waals surface area contributed by atoms with Gasteiger partial charge in [-0.05, 0) is 18.8 Å². The van der Waals surface area contributed by atoms with E-state index in [0.717, 1.165) is 17.4 Å². The summed E-state index contributed by atoms with van der Waals surface area (Å²) in [5, 5.41) is 1.09. The predicted octanol–water partition coefficient (Wildman–Crippen LogP) is 2.14. The number of nitrogens with two attached hydrogens (primary N) is 1. The van der Waals surface area contributed by atoms with Crippen LogP contribution in [0.3, 0.4) is 0 Å². The maximum Gasteiger partial charge on any atom is 0.185 e. The average Bonchev–Trinajstić information content (AvgIpc) is 2.54. The molecule has 2 rings (SSSR count). The van der Waals surface area contributed by atoms with Crippen molar-refractivity contribution in [3.63, 3.8) is 0 Å². The Balaban J connectivity index is 2.42. The van der Waals surface area contributed by atoms with Crippen molar-refractivity contribution in [1.29, 1.82) is 0 Å². The molecule has 1 aliphatic carbocycles. The molecule has 0 radical (unpaired) electrons. The summed E-state index contributed by atoms with van der Waals surface area (Å²) in [7, 11) is 4.07. The monoisotopic (exact) mass is 239 g/mol. The van der Waals surface area contributed by atoms with Gasteiger partial charge in [-0.1, -0.05) is 13.8 Å². The highest BCUT2D eigenvalue weighted by molar-refractivity contribution is 7.16. The molecule has 1 unspecified atom stereocenters. The van der Waals surface area contributed by atoms with Crippen LogP contribution in [0.15, 0.2) is 0 Å². The minimum absolute atomic E-state index is 0.184. The van der Waals surface area contributed by atoms with E-state index in [2.05, 4.69) is 30.7 Å². The van der Waals surface area contributed by atoms with E-state index in [4.69, 9.17) is 5.73 Å². The normalized spacial score (nSPS) is 26.9. The molecule has 1 heterocycles. The van der Waals surface area contributed by atoms with E-state index >= 15 is 0 Å². The van der Waals surface area contributed by atoms with Crippen molar-refractivity contribution < 1.29 is 0 Å². The lowest BCUT2D eigenvalue weighted by molar-refractivity contribution is 0.507. The molecule has 4 heteroatoms. The number of rotatable bonds is 3. The van der Waals surface area contributed by atoms with Crippen molar-refractivity contribution in [1.82, 2.24) is 4.98 Å². The summed E-state index contributed by atoms with van der Waals surface area (Å²) >= 11 is 1.80. The van der Waals surface area contributed by atoms with E-state index < -0.39 is 0 Å². The highest BCUT2D eigenvalue weighted by Crippen LogP contribution is 2.65. The standard InChI is InChI=1S/C12H21N3S/c1-8-9(16-10(14-8)15(4)5)12(7-13)6-11(12,2)3/h6-7,13H2,1-5H3. The van der Waals surface area contributed by atoms with Crippen molar-refractivity contribution in [2.45, 2.75) is 32.6 Å². The van der Waals surface area contributed by atoms with E-state index in [9.17, 15) is 0 Å². The Bertz CT molecular complexity index is 408. The summed E-state index contributed by atoms with van der Waals surface area (Å²) in [5.74, 6) is 0. The third-order valence-electron chi connectivity index (χ3n) is 3.87. The van der Waals surface area contributed by atoms with Crippen LogP contribution in [0.4, 0.5) is 5.13 Å². The van der Waals surface area contributed by atoms with Gasteiger partial charge in [0.1, 0.15) is 0 Å². The molecule has 1 aliphatic rings. The first-order valence-corrected chi connectivity index (χ1v) is 6.51. The van der Waals surface area contributed by atoms with E-state index in [1.807, 2.05) is 14.1 Å². The van der Waals surface area contributed by atoms with Crippen LogP contribution in [0.5, 0.6) is 0 Å². The van der Waals surface area contributed by atoms with Crippen LogP contribution < -0.4 is 10.6 Å². The second-order valence-electron chi connectivity index (χ2n) is 5.65. The van der Waals surface area contributed by atoms with Gasteiger partial charge in [0.05, 0.1) is 5.69 Å². The fraction of sp³-hybridized carbons (Fsp3) is 0.750. The van der Waals surface area contributed by atoms with Crippen LogP contribution in [0.1, 0.15) is 30.8 Å². The van der Waals surface area contributed by atoms with Crippen LogP contribution in [0.2, 0.25) is 0 Å². The summed E-state index contributed by atoms with van der Waals surface area (Å²) in [5.41, 5.74) is 7.67. The van der Waals surface area contributed by atoms with E-state index in [0.29, 0.717) is 5.41 Å². The van der Waals surface area contributed by atoms with Crippen LogP contribution >= 0.6 is 11.3 Å². The minimum Gasteiger partial charge on any atom is -0.354 e. The Morgan fingerprint density at radius 2 is 2.00 bits per heavy atom. The zero-order valence-corrected chi connectivity index (χ0v) is 11.6. The molecule has 1 fully saturated rings. The summed E-state index contributed by atoms with van der Waals surface area (Å²) < 4.78 is 0. The summed E-state index contributed by atoms with van der Waals surface area (Å²) in [6.45, 7) is 7.43. The number of thiazole rings is 1. The number of aryl methyl sites for hydroxylation is 1. The first-order chi connectivity index (χ1) is 7.34. The van der Waals surface area contributed by atoms with E-state index in [1.54, 1.807) is 11.3 Å². The second kappa shape index (κ2) is 3.44. The van der Waals surface area contributed by atoms with Gasteiger partial charge in [-0.3, -0.25) is 0 Å². The molecule has 2 N–H and O–H groups in total. The molecule has 16 heavy (non-hydrogen) atoms. The van der Waals surface area contributed by atoms with Gasteiger partial charge >= 0.3 is 0 Å². The summed E-state index contributed by atoms with van der Waals surface area (Å²) in [4.78, 5) is 8.08. The molecule has 1 atom stereocenters. The predicted molar refractivity (Wildman–Crippen MR) is 70.3 cm³/mol. The molecule has 1 aromatic rings. The highest BCUT2D eigenvalue weighted by Gasteiger charge is 2.62. The number of aromatic nitrogens is 1. The third-order valence-corrected chi connectivity index (χ3v) is 5.39. The zero-order valence-electron chi connectivity index (χ0n) is 10.8. The first-order valence-electron chi connectivity index (χ1n) is 5.69. The molecule has 90 valence electrons. The van der Waals surface area contributed by atoms with E-state index in [1.165, 1.54) is 11.3 Å². The van der Waals surface area contributed by atoms with Gasteiger partial charge in [-0.25, -0.2) is 4.98 Å². The van der Waals surface area contributed by atoms with Crippen LogP contribution in [0, 0.1) is 12.3 Å². The lowest BCUT2D eigenvalue weighted by Gasteiger charge is -2.17. The summed E-state index contributed by atoms with van der Waals surface area (Å²) in [6, 6.07) is 0. The first kappa shape index (κ1) is 11.9. The van der Waals surface area contributed by atoms with Crippen LogP contribution in [-0.4, -0.2) is 25.6 Å². The number of nitrogens with zero attached hydrogens (tertiary/aromatic N) is 2. The van der Waals surface area contributed by atoms with Crippen molar-refractivity contribution in [3.05, 3.63) is 10.6 Å². The molecule has 3 nitrogen and oxygen atoms in total. The topological polar surface area (TPSA) is 42.2 Å². The minimum atomic E-state index is 0.184. The van der Waals surface area contributed by atoms with E-state index in [-0.39, 0.29) is 5.41 Å². The van der Waals surface area contributed by atoms with Crippen molar-refractivity contribution >= 4 is 16.5 Å². The van der Waals surface area contributed by atoms with Gasteiger partial charge < -0.3 is 10.6 Å². The van der Waals surface area contributed by atoms with Crippen molar-refractivity contribution in [2.75, 3.05) is 25.5 Å². The lowest BCUT2D eigenvalue weighted by atomic mass is 9.93. The third kappa shape index (κ3) is 1.47. The quantitative estimate of drug-likeness (QED) is 0.879. The maximum atomic E-state index is 6.00. The van der Waals surface area contributed by atoms with Crippen LogP contribution in [0.25, 0.3) is 0 Å². The SMILES string of the molecule is Cc1nc(N(C)C)sc1C1(CN)CC1(C)C. The Hall–Kier alpha value is -0.610. The number of hydrogen-bond acceptors (Lipinski definition) is 4. The van der Waals surface area contributed by atoms with Gasteiger partial charge in [0.25, 0.3) is 0 Å². The molecule has 0 saturated heterocycles. The van der Waals surface area contributed by atoms with Gasteiger partial charge in [0.15, 0.2) is 5.13 Å². The van der Waals surface area contributed by atoms with Gasteiger partial charge in [-0.15, -0.1) is 11.3 Å². The molecule has 1 aromatic heterocycles. The molecule has 0 bridgehead atoms. The Kier molecular flexibility index (Phi) is 2.55. The second-order valence-corrected chi connectivity index (χ2v) is 6.63. The number of hydrogen-bond donors (Lipinski definition) is 1. The summed E-state index contributed by atoms with van der Waals surface area (Å²) in [6.07, 6.45) is 1.19.